The Kier molecular flexibility index (Phi) is 2.04. The van der Waals surface area contributed by atoms with Crippen LogP contribution in [-0.2, 0) is 0 Å². The summed E-state index contributed by atoms with van der Waals surface area (Å²) in [5.41, 5.74) is 0.364. The minimum Gasteiger partial charge on any atom is -0.301 e. The van der Waals surface area contributed by atoms with Gasteiger partial charge in [-0.05, 0) is 46.6 Å². The molecule has 0 N–H and O–H groups in total. The van der Waals surface area contributed by atoms with E-state index >= 15 is 0 Å². The fraction of sp³-hybridized carbons (Fsp3) is 1.00. The molecule has 0 amide bonds. The zero-order chi connectivity index (χ0) is 7.78. The second-order valence-corrected chi connectivity index (χ2v) is 4.49. The molecule has 1 saturated carbocycles. The summed E-state index contributed by atoms with van der Waals surface area (Å²) in [6.07, 6.45) is 2.92. The zero-order valence-electron chi connectivity index (χ0n) is 7.65. The molecule has 0 heterocycles. The van der Waals surface area contributed by atoms with Crippen molar-refractivity contribution in [2.75, 3.05) is 13.6 Å². The first-order chi connectivity index (χ1) is 4.50. The van der Waals surface area contributed by atoms with Crippen molar-refractivity contribution in [3.05, 3.63) is 0 Å². The van der Waals surface area contributed by atoms with E-state index in [1.54, 1.807) is 0 Å². The van der Waals surface area contributed by atoms with Crippen molar-refractivity contribution in [1.82, 2.24) is 4.90 Å². The van der Waals surface area contributed by atoms with Gasteiger partial charge in [0.15, 0.2) is 0 Å². The highest BCUT2D eigenvalue weighted by Crippen LogP contribution is 2.30. The van der Waals surface area contributed by atoms with Crippen LogP contribution in [0, 0.1) is 5.92 Å². The van der Waals surface area contributed by atoms with Crippen molar-refractivity contribution in [2.45, 2.75) is 39.2 Å². The molecule has 1 heteroatoms. The van der Waals surface area contributed by atoms with Crippen LogP contribution in [0.5, 0.6) is 0 Å². The van der Waals surface area contributed by atoms with E-state index in [2.05, 4.69) is 32.7 Å². The summed E-state index contributed by atoms with van der Waals surface area (Å²) in [7, 11) is 2.22. The lowest BCUT2D eigenvalue weighted by Crippen LogP contribution is -2.39. The minimum absolute atomic E-state index is 0.364. The molecule has 0 spiro atoms. The van der Waals surface area contributed by atoms with Crippen LogP contribution < -0.4 is 0 Å². The van der Waals surface area contributed by atoms with Gasteiger partial charge in [-0.2, -0.15) is 0 Å². The van der Waals surface area contributed by atoms with Crippen molar-refractivity contribution in [1.29, 1.82) is 0 Å². The van der Waals surface area contributed by atoms with Crippen LogP contribution >= 0.6 is 0 Å². The van der Waals surface area contributed by atoms with Gasteiger partial charge >= 0.3 is 0 Å². The fourth-order valence-corrected chi connectivity index (χ4v) is 0.962. The van der Waals surface area contributed by atoms with E-state index in [0.717, 1.165) is 5.92 Å². The Labute approximate surface area is 64.4 Å². The average Bonchev–Trinajstić information content (AvgIpc) is 2.47. The molecule has 0 unspecified atom stereocenters. The summed E-state index contributed by atoms with van der Waals surface area (Å²) < 4.78 is 0. The van der Waals surface area contributed by atoms with Gasteiger partial charge in [0.1, 0.15) is 0 Å². The molecule has 0 saturated heterocycles. The van der Waals surface area contributed by atoms with E-state index in [4.69, 9.17) is 0 Å². The number of hydrogen-bond acceptors (Lipinski definition) is 1. The normalized spacial score (nSPS) is 20.1. The Hall–Kier alpha value is -0.0400. The summed E-state index contributed by atoms with van der Waals surface area (Å²) >= 11 is 0. The fourth-order valence-electron chi connectivity index (χ4n) is 0.962. The molecule has 0 bridgehead atoms. The van der Waals surface area contributed by atoms with Crippen molar-refractivity contribution in [3.8, 4) is 0 Å². The zero-order valence-corrected chi connectivity index (χ0v) is 7.65. The molecule has 0 atom stereocenters. The highest BCUT2D eigenvalue weighted by molar-refractivity contribution is 4.81. The van der Waals surface area contributed by atoms with Gasteiger partial charge in [-0.15, -0.1) is 0 Å². The van der Waals surface area contributed by atoms with Crippen LogP contribution in [0.4, 0.5) is 0 Å². The molecule has 0 radical (unpaired) electrons. The van der Waals surface area contributed by atoms with Gasteiger partial charge in [0.25, 0.3) is 0 Å². The lowest BCUT2D eigenvalue weighted by atomic mass is 10.1. The molecule has 60 valence electrons. The van der Waals surface area contributed by atoms with Gasteiger partial charge in [-0.3, -0.25) is 0 Å². The highest BCUT2D eigenvalue weighted by Gasteiger charge is 2.26. The maximum Gasteiger partial charge on any atom is 0.0122 e. The smallest absolute Gasteiger partial charge is 0.0122 e. The number of hydrogen-bond donors (Lipinski definition) is 0. The molecule has 1 aliphatic rings. The van der Waals surface area contributed by atoms with E-state index < -0.39 is 0 Å². The van der Waals surface area contributed by atoms with Crippen molar-refractivity contribution in [3.63, 3.8) is 0 Å². The van der Waals surface area contributed by atoms with Gasteiger partial charge < -0.3 is 4.90 Å². The second-order valence-electron chi connectivity index (χ2n) is 4.49. The van der Waals surface area contributed by atoms with Gasteiger partial charge in [0.2, 0.25) is 0 Å². The number of nitrogens with zero attached hydrogens (tertiary/aromatic N) is 1. The Morgan fingerprint density at radius 1 is 1.30 bits per heavy atom. The predicted octanol–water partition coefficient (Wildman–Crippen LogP) is 2.13. The third-order valence-electron chi connectivity index (χ3n) is 2.37. The SMILES string of the molecule is CN(CC1CC1)C(C)(C)C. The van der Waals surface area contributed by atoms with Gasteiger partial charge in [0, 0.05) is 12.1 Å². The molecule has 0 aromatic rings. The third-order valence-corrected chi connectivity index (χ3v) is 2.37. The quantitative estimate of drug-likeness (QED) is 0.569. The molecular weight excluding hydrogens is 122 g/mol. The highest BCUT2D eigenvalue weighted by atomic mass is 15.2. The standard InChI is InChI=1S/C9H19N/c1-9(2,3)10(4)7-8-5-6-8/h8H,5-7H2,1-4H3. The van der Waals surface area contributed by atoms with Gasteiger partial charge in [-0.1, -0.05) is 0 Å². The molecule has 1 nitrogen and oxygen atoms in total. The lowest BCUT2D eigenvalue weighted by molar-refractivity contribution is 0.168. The Morgan fingerprint density at radius 3 is 2.10 bits per heavy atom. The van der Waals surface area contributed by atoms with Crippen LogP contribution in [0.2, 0.25) is 0 Å². The molecule has 1 fully saturated rings. The molecule has 1 aliphatic carbocycles. The molecule has 10 heavy (non-hydrogen) atoms. The van der Waals surface area contributed by atoms with Gasteiger partial charge in [0.05, 0.1) is 0 Å². The van der Waals surface area contributed by atoms with E-state index in [-0.39, 0.29) is 0 Å². The van der Waals surface area contributed by atoms with Crippen LogP contribution in [0.15, 0.2) is 0 Å². The minimum atomic E-state index is 0.364. The Balaban J connectivity index is 2.25. The Bertz CT molecular complexity index is 108. The van der Waals surface area contributed by atoms with Crippen LogP contribution in [0.3, 0.4) is 0 Å². The van der Waals surface area contributed by atoms with Crippen LogP contribution in [-0.4, -0.2) is 24.0 Å². The van der Waals surface area contributed by atoms with Gasteiger partial charge in [-0.25, -0.2) is 0 Å². The largest absolute Gasteiger partial charge is 0.301 e. The molecule has 1 rings (SSSR count). The summed E-state index contributed by atoms with van der Waals surface area (Å²) in [6.45, 7) is 8.11. The molecular formula is C9H19N. The van der Waals surface area contributed by atoms with Crippen LogP contribution in [0.1, 0.15) is 33.6 Å². The monoisotopic (exact) mass is 141 g/mol. The summed E-state index contributed by atoms with van der Waals surface area (Å²) in [5.74, 6) is 1.02. The topological polar surface area (TPSA) is 3.24 Å². The molecule has 0 aromatic heterocycles. The van der Waals surface area contributed by atoms with Crippen molar-refractivity contribution < 1.29 is 0 Å². The lowest BCUT2D eigenvalue weighted by Gasteiger charge is -2.31. The molecule has 0 aromatic carbocycles. The predicted molar refractivity (Wildman–Crippen MR) is 45.1 cm³/mol. The molecule has 0 aliphatic heterocycles. The maximum atomic E-state index is 2.45. The Morgan fingerprint density at radius 2 is 1.80 bits per heavy atom. The second kappa shape index (κ2) is 2.54. The average molecular weight is 141 g/mol. The van der Waals surface area contributed by atoms with Crippen LogP contribution in [0.25, 0.3) is 0 Å². The van der Waals surface area contributed by atoms with E-state index in [1.165, 1.54) is 19.4 Å². The first-order valence-electron chi connectivity index (χ1n) is 4.21. The summed E-state index contributed by atoms with van der Waals surface area (Å²) in [5, 5.41) is 0. The maximum absolute atomic E-state index is 2.45. The first kappa shape index (κ1) is 8.06. The van der Waals surface area contributed by atoms with Crippen molar-refractivity contribution in [2.24, 2.45) is 5.92 Å². The summed E-state index contributed by atoms with van der Waals surface area (Å²) in [6, 6.07) is 0. The van der Waals surface area contributed by atoms with E-state index in [0.29, 0.717) is 5.54 Å². The number of rotatable bonds is 2. The van der Waals surface area contributed by atoms with E-state index in [1.807, 2.05) is 0 Å². The first-order valence-corrected chi connectivity index (χ1v) is 4.21. The van der Waals surface area contributed by atoms with E-state index in [9.17, 15) is 0 Å². The van der Waals surface area contributed by atoms with Crippen molar-refractivity contribution >= 4 is 0 Å². The summed E-state index contributed by atoms with van der Waals surface area (Å²) in [4.78, 5) is 2.45. The third kappa shape index (κ3) is 2.30.